The van der Waals surface area contributed by atoms with E-state index in [0.29, 0.717) is 11.1 Å². The fourth-order valence-electron chi connectivity index (χ4n) is 2.89. The highest BCUT2D eigenvalue weighted by atomic mass is 16.4. The van der Waals surface area contributed by atoms with Gasteiger partial charge in [0, 0.05) is 5.57 Å². The van der Waals surface area contributed by atoms with Gasteiger partial charge in [-0.1, -0.05) is 24.3 Å². The van der Waals surface area contributed by atoms with Gasteiger partial charge in [0.15, 0.2) is 0 Å². The molecule has 0 aromatic heterocycles. The van der Waals surface area contributed by atoms with Crippen LogP contribution in [0.3, 0.4) is 0 Å². The van der Waals surface area contributed by atoms with E-state index in [2.05, 4.69) is 0 Å². The van der Waals surface area contributed by atoms with E-state index in [1.807, 2.05) is 30.4 Å². The molecule has 0 atom stereocenters. The van der Waals surface area contributed by atoms with Crippen molar-refractivity contribution < 1.29 is 14.7 Å². The molecule has 0 unspecified atom stereocenters. The monoisotopic (exact) mass is 280 g/mol. The molecule has 3 heteroatoms. The van der Waals surface area contributed by atoms with E-state index < -0.39 is 5.97 Å². The van der Waals surface area contributed by atoms with Crippen LogP contribution in [0.25, 0.3) is 0 Å². The Bertz CT molecular complexity index is 694. The Hall–Kier alpha value is -2.42. The molecule has 106 valence electrons. The van der Waals surface area contributed by atoms with Gasteiger partial charge >= 0.3 is 5.97 Å². The molecule has 0 heterocycles. The lowest BCUT2D eigenvalue weighted by Crippen LogP contribution is -2.09. The Morgan fingerprint density at radius 3 is 2.19 bits per heavy atom. The van der Waals surface area contributed by atoms with E-state index in [4.69, 9.17) is 0 Å². The van der Waals surface area contributed by atoms with Crippen LogP contribution in [0.4, 0.5) is 0 Å². The van der Waals surface area contributed by atoms with E-state index in [9.17, 15) is 14.7 Å². The molecule has 0 aromatic rings. The van der Waals surface area contributed by atoms with Gasteiger partial charge in [-0.05, 0) is 60.1 Å². The maximum absolute atomic E-state index is 11.4. The number of carboxylic acids is 1. The summed E-state index contributed by atoms with van der Waals surface area (Å²) in [7, 11) is 0. The largest absolute Gasteiger partial charge is 0.478 e. The summed E-state index contributed by atoms with van der Waals surface area (Å²) < 4.78 is 0. The molecule has 0 fully saturated rings. The fraction of sp³-hybridized carbons (Fsp3) is 0.222. The van der Waals surface area contributed by atoms with E-state index >= 15 is 0 Å². The first-order chi connectivity index (χ1) is 10.2. The Morgan fingerprint density at radius 1 is 0.905 bits per heavy atom. The third kappa shape index (κ3) is 2.72. The van der Waals surface area contributed by atoms with E-state index in [1.54, 1.807) is 6.08 Å². The van der Waals surface area contributed by atoms with Crippen molar-refractivity contribution in [1.82, 2.24) is 0 Å². The topological polar surface area (TPSA) is 54.4 Å². The molecule has 0 radical (unpaired) electrons. The van der Waals surface area contributed by atoms with E-state index in [-0.39, 0.29) is 0 Å². The van der Waals surface area contributed by atoms with Gasteiger partial charge < -0.3 is 5.11 Å². The van der Waals surface area contributed by atoms with Crippen LogP contribution in [-0.2, 0) is 9.59 Å². The fourth-order valence-corrected chi connectivity index (χ4v) is 2.89. The molecule has 6 aliphatic carbocycles. The summed E-state index contributed by atoms with van der Waals surface area (Å²) in [5.41, 5.74) is 4.99. The highest BCUT2D eigenvalue weighted by Gasteiger charge is 2.19. The van der Waals surface area contributed by atoms with Crippen molar-refractivity contribution >= 4 is 12.3 Å². The summed E-state index contributed by atoms with van der Waals surface area (Å²) in [5.74, 6) is -0.897. The van der Waals surface area contributed by atoms with E-state index in [1.165, 1.54) is 0 Å². The minimum atomic E-state index is -0.897. The van der Waals surface area contributed by atoms with Gasteiger partial charge in [-0.25, -0.2) is 4.79 Å². The first-order valence-corrected chi connectivity index (χ1v) is 7.09. The van der Waals surface area contributed by atoms with Crippen molar-refractivity contribution in [1.29, 1.82) is 0 Å². The molecule has 21 heavy (non-hydrogen) atoms. The van der Waals surface area contributed by atoms with Gasteiger partial charge in [-0.2, -0.15) is 0 Å². The van der Waals surface area contributed by atoms with Crippen LogP contribution < -0.4 is 0 Å². The lowest BCUT2D eigenvalue weighted by atomic mass is 9.86. The van der Waals surface area contributed by atoms with Crippen molar-refractivity contribution in [3.8, 4) is 0 Å². The first kappa shape index (κ1) is 13.6. The maximum atomic E-state index is 11.4. The Morgan fingerprint density at radius 2 is 1.52 bits per heavy atom. The SMILES string of the molecule is O=CC1=C/C2=C\C=C3C=C(C(=O)O)/C(=C\C=C1CC2)CC/3. The second kappa shape index (κ2) is 5.52. The van der Waals surface area contributed by atoms with Crippen LogP contribution in [0.15, 0.2) is 69.9 Å². The minimum Gasteiger partial charge on any atom is -0.478 e. The molecule has 0 aliphatic heterocycles. The molecule has 0 saturated heterocycles. The maximum Gasteiger partial charge on any atom is 0.335 e. The molecule has 6 aliphatic rings. The standard InChI is InChI=1S/C18H16O3/c19-11-16-9-12-1-2-13-4-6-15(17(10-13)18(20)21)8-7-14(16)5-3-12/h1-2,7-11H,3-6H2,(H,20,21)/b2-1?,8-7?,12-1-,13-2-,14-7?,15-8-. The van der Waals surface area contributed by atoms with Crippen molar-refractivity contribution in [3.63, 3.8) is 0 Å². The smallest absolute Gasteiger partial charge is 0.335 e. The molecule has 3 nitrogen and oxygen atoms in total. The number of hydrogen-bond donors (Lipinski definition) is 1. The van der Waals surface area contributed by atoms with Crippen LogP contribution in [0.5, 0.6) is 0 Å². The molecule has 1 N–H and O–H groups in total. The summed E-state index contributed by atoms with van der Waals surface area (Å²) in [6, 6.07) is 0. The first-order valence-electron chi connectivity index (χ1n) is 7.09. The molecule has 0 saturated carbocycles. The molecule has 0 spiro atoms. The number of aldehydes is 1. The quantitative estimate of drug-likeness (QED) is 0.788. The van der Waals surface area contributed by atoms with E-state index in [0.717, 1.165) is 54.3 Å². The van der Waals surface area contributed by atoms with Crippen LogP contribution in [0.1, 0.15) is 25.7 Å². The third-order valence-electron chi connectivity index (χ3n) is 4.11. The third-order valence-corrected chi connectivity index (χ3v) is 4.11. The summed E-state index contributed by atoms with van der Waals surface area (Å²) in [4.78, 5) is 22.6. The van der Waals surface area contributed by atoms with Gasteiger partial charge in [-0.3, -0.25) is 4.79 Å². The number of hydrogen-bond acceptors (Lipinski definition) is 2. The molecule has 4 bridgehead atoms. The zero-order valence-electron chi connectivity index (χ0n) is 11.6. The second-order valence-corrected chi connectivity index (χ2v) is 5.45. The summed E-state index contributed by atoms with van der Waals surface area (Å²) >= 11 is 0. The highest BCUT2D eigenvalue weighted by Crippen LogP contribution is 2.32. The number of carboxylic acid groups (broad SMARTS) is 1. The van der Waals surface area contributed by atoms with Crippen molar-refractivity contribution in [2.75, 3.05) is 0 Å². The number of rotatable bonds is 2. The Labute approximate surface area is 123 Å². The van der Waals surface area contributed by atoms with Gasteiger partial charge in [0.05, 0.1) is 5.57 Å². The van der Waals surface area contributed by atoms with Crippen LogP contribution >= 0.6 is 0 Å². The van der Waals surface area contributed by atoms with Gasteiger partial charge in [0.1, 0.15) is 6.29 Å². The zero-order chi connectivity index (χ0) is 14.8. The molecular weight excluding hydrogens is 264 g/mol. The summed E-state index contributed by atoms with van der Waals surface area (Å²) in [6.07, 6.45) is 15.6. The number of carbonyl (C=O) groups is 2. The lowest BCUT2D eigenvalue weighted by Gasteiger charge is -2.19. The predicted molar refractivity (Wildman–Crippen MR) is 80.7 cm³/mol. The van der Waals surface area contributed by atoms with Gasteiger partial charge in [0.2, 0.25) is 0 Å². The molecule has 0 amide bonds. The van der Waals surface area contributed by atoms with Crippen LogP contribution in [-0.4, -0.2) is 17.4 Å². The predicted octanol–water partition coefficient (Wildman–Crippen LogP) is 3.43. The summed E-state index contributed by atoms with van der Waals surface area (Å²) in [5, 5.41) is 9.36. The number of aliphatic carboxylic acids is 1. The number of carbonyl (C=O) groups excluding carboxylic acids is 1. The normalized spacial score (nSPS) is 28.4. The average Bonchev–Trinajstić information content (AvgIpc) is 2.49. The Balaban J connectivity index is 2.18. The molecule has 0 aromatic carbocycles. The Kier molecular flexibility index (Phi) is 3.57. The highest BCUT2D eigenvalue weighted by molar-refractivity contribution is 5.93. The van der Waals surface area contributed by atoms with Crippen LogP contribution in [0, 0.1) is 0 Å². The van der Waals surface area contributed by atoms with Crippen molar-refractivity contribution in [2.24, 2.45) is 0 Å². The molecule has 6 rings (SSSR count). The van der Waals surface area contributed by atoms with Gasteiger partial charge in [-0.15, -0.1) is 0 Å². The van der Waals surface area contributed by atoms with Gasteiger partial charge in [0.25, 0.3) is 0 Å². The second-order valence-electron chi connectivity index (χ2n) is 5.45. The average molecular weight is 280 g/mol. The lowest BCUT2D eigenvalue weighted by molar-refractivity contribution is -0.132. The zero-order valence-corrected chi connectivity index (χ0v) is 11.6. The van der Waals surface area contributed by atoms with Crippen molar-refractivity contribution in [3.05, 3.63) is 69.9 Å². The van der Waals surface area contributed by atoms with Crippen LogP contribution in [0.2, 0.25) is 0 Å². The molecular formula is C18H16O3. The minimum absolute atomic E-state index is 0.357. The summed E-state index contributed by atoms with van der Waals surface area (Å²) in [6.45, 7) is 0. The number of allylic oxidation sites excluding steroid dienone is 10. The van der Waals surface area contributed by atoms with Crippen molar-refractivity contribution in [2.45, 2.75) is 25.7 Å².